The smallest absolute Gasteiger partial charge is 0.280 e. The van der Waals surface area contributed by atoms with Crippen LogP contribution in [0.15, 0.2) is 35.3 Å². The van der Waals surface area contributed by atoms with Gasteiger partial charge in [-0.2, -0.15) is 4.99 Å². The first-order valence-corrected chi connectivity index (χ1v) is 5.28. The number of aliphatic imine (C=N–C) groups is 1. The van der Waals surface area contributed by atoms with Crippen molar-refractivity contribution in [3.8, 4) is 0 Å². The lowest BCUT2D eigenvalue weighted by Crippen LogP contribution is -1.99. The molecule has 0 unspecified atom stereocenters. The fourth-order valence-corrected chi connectivity index (χ4v) is 1.75. The van der Waals surface area contributed by atoms with Crippen molar-refractivity contribution in [1.29, 1.82) is 0 Å². The molecule has 1 aromatic carbocycles. The highest BCUT2D eigenvalue weighted by atomic mass is 32.2. The maximum absolute atomic E-state index is 11.5. The minimum Gasteiger partial charge on any atom is -0.472 e. The van der Waals surface area contributed by atoms with Crippen molar-refractivity contribution >= 4 is 22.9 Å². The van der Waals surface area contributed by atoms with Crippen LogP contribution in [0.1, 0.15) is 10.4 Å². The molecule has 1 aliphatic heterocycles. The van der Waals surface area contributed by atoms with Gasteiger partial charge in [0, 0.05) is 11.3 Å². The third-order valence-corrected chi connectivity index (χ3v) is 2.57. The Balaban J connectivity index is 2.13. The van der Waals surface area contributed by atoms with E-state index < -0.39 is 0 Å². The van der Waals surface area contributed by atoms with Crippen LogP contribution in [0.2, 0.25) is 0 Å². The normalized spacial score (nSPS) is 18.1. The van der Waals surface area contributed by atoms with E-state index in [0.29, 0.717) is 17.4 Å². The van der Waals surface area contributed by atoms with E-state index in [1.165, 1.54) is 11.8 Å². The van der Waals surface area contributed by atoms with Gasteiger partial charge in [-0.05, 0) is 12.1 Å². The number of hydrogen-bond donors (Lipinski definition) is 0. The van der Waals surface area contributed by atoms with Gasteiger partial charge in [0.05, 0.1) is 0 Å². The van der Waals surface area contributed by atoms with Gasteiger partial charge < -0.3 is 4.74 Å². The van der Waals surface area contributed by atoms with Gasteiger partial charge in [-0.3, -0.25) is 4.79 Å². The Kier molecular flexibility index (Phi) is 2.84. The zero-order valence-corrected chi connectivity index (χ0v) is 8.29. The zero-order valence-electron chi connectivity index (χ0n) is 7.47. The second kappa shape index (κ2) is 4.28. The summed E-state index contributed by atoms with van der Waals surface area (Å²) in [6.07, 6.45) is 0. The quantitative estimate of drug-likeness (QED) is 0.706. The molecule has 1 amide bonds. The predicted molar refractivity (Wildman–Crippen MR) is 56.6 cm³/mol. The number of amides is 1. The number of carbonyl (C=O) groups excluding carboxylic acids is 1. The van der Waals surface area contributed by atoms with Gasteiger partial charge in [0.25, 0.3) is 11.1 Å². The molecule has 1 fully saturated rings. The predicted octanol–water partition coefficient (Wildman–Crippen LogP) is 1.95. The summed E-state index contributed by atoms with van der Waals surface area (Å²) in [4.78, 5) is 15.4. The van der Waals surface area contributed by atoms with Crippen LogP contribution < -0.4 is 0 Å². The third-order valence-electron chi connectivity index (χ3n) is 1.75. The van der Waals surface area contributed by atoms with Gasteiger partial charge in [0.1, 0.15) is 6.61 Å². The highest BCUT2D eigenvalue weighted by Gasteiger charge is 2.12. The largest absolute Gasteiger partial charge is 0.472 e. The number of benzene rings is 1. The summed E-state index contributed by atoms with van der Waals surface area (Å²) >= 11 is 1.47. The van der Waals surface area contributed by atoms with Crippen molar-refractivity contribution in [2.24, 2.45) is 4.99 Å². The van der Waals surface area contributed by atoms with Crippen LogP contribution in [0.4, 0.5) is 0 Å². The minimum absolute atomic E-state index is 0.241. The van der Waals surface area contributed by atoms with E-state index in [-0.39, 0.29) is 5.91 Å². The molecular formula is C10H9NO2S. The summed E-state index contributed by atoms with van der Waals surface area (Å²) < 4.78 is 5.14. The Bertz CT molecular complexity index is 354. The molecule has 0 saturated carbocycles. The molecule has 0 aromatic heterocycles. The Morgan fingerprint density at radius 1 is 1.36 bits per heavy atom. The fourth-order valence-electron chi connectivity index (χ4n) is 1.09. The van der Waals surface area contributed by atoms with Crippen molar-refractivity contribution in [3.05, 3.63) is 35.9 Å². The molecule has 0 radical (unpaired) electrons. The van der Waals surface area contributed by atoms with Crippen molar-refractivity contribution in [1.82, 2.24) is 0 Å². The number of thioether (sulfide) groups is 1. The first kappa shape index (κ1) is 9.27. The average Bonchev–Trinajstić information content (AvgIpc) is 2.72. The zero-order chi connectivity index (χ0) is 9.80. The number of hydrogen-bond acceptors (Lipinski definition) is 3. The van der Waals surface area contributed by atoms with Crippen LogP contribution in [0.5, 0.6) is 0 Å². The van der Waals surface area contributed by atoms with Crippen molar-refractivity contribution < 1.29 is 9.53 Å². The van der Waals surface area contributed by atoms with Crippen molar-refractivity contribution in [2.75, 3.05) is 12.4 Å². The minimum atomic E-state index is -0.241. The van der Waals surface area contributed by atoms with E-state index in [2.05, 4.69) is 4.99 Å². The standard InChI is InChI=1S/C10H9NO2S/c12-9(8-4-2-1-3-5-8)11-10-13-6-7-14-10/h1-5H,6-7H2. The molecule has 0 aliphatic carbocycles. The molecule has 0 bridgehead atoms. The lowest BCUT2D eigenvalue weighted by atomic mass is 10.2. The summed E-state index contributed by atoms with van der Waals surface area (Å²) in [5.41, 5.74) is 0.594. The summed E-state index contributed by atoms with van der Waals surface area (Å²) in [5, 5.41) is 0.485. The Hall–Kier alpha value is -1.29. The first-order chi connectivity index (χ1) is 6.86. The molecule has 4 heteroatoms. The number of ether oxygens (including phenoxy) is 1. The average molecular weight is 207 g/mol. The molecule has 0 N–H and O–H groups in total. The van der Waals surface area contributed by atoms with E-state index in [0.717, 1.165) is 5.75 Å². The van der Waals surface area contributed by atoms with Crippen LogP contribution in [0.25, 0.3) is 0 Å². The summed E-state index contributed by atoms with van der Waals surface area (Å²) in [5.74, 6) is 0.635. The molecule has 1 aromatic rings. The molecule has 1 aliphatic rings. The molecule has 14 heavy (non-hydrogen) atoms. The van der Waals surface area contributed by atoms with Gasteiger partial charge in [0.2, 0.25) is 0 Å². The Labute approximate surface area is 86.2 Å². The number of nitrogens with zero attached hydrogens (tertiary/aromatic N) is 1. The molecule has 0 spiro atoms. The summed E-state index contributed by atoms with van der Waals surface area (Å²) in [6.45, 7) is 0.644. The molecule has 1 heterocycles. The number of rotatable bonds is 1. The van der Waals surface area contributed by atoms with E-state index in [4.69, 9.17) is 4.74 Å². The van der Waals surface area contributed by atoms with Crippen LogP contribution >= 0.6 is 11.8 Å². The molecule has 0 atom stereocenters. The van der Waals surface area contributed by atoms with Gasteiger partial charge in [0.15, 0.2) is 0 Å². The van der Waals surface area contributed by atoms with Gasteiger partial charge in [-0.25, -0.2) is 0 Å². The highest BCUT2D eigenvalue weighted by Crippen LogP contribution is 2.14. The maximum atomic E-state index is 11.5. The topological polar surface area (TPSA) is 38.7 Å². The van der Waals surface area contributed by atoms with Gasteiger partial charge >= 0.3 is 0 Å². The molecular weight excluding hydrogens is 198 g/mol. The number of carbonyl (C=O) groups is 1. The van der Waals surface area contributed by atoms with Crippen LogP contribution in [-0.2, 0) is 4.74 Å². The third kappa shape index (κ3) is 2.14. The summed E-state index contributed by atoms with van der Waals surface area (Å²) in [7, 11) is 0. The Morgan fingerprint density at radius 3 is 2.79 bits per heavy atom. The second-order valence-electron chi connectivity index (χ2n) is 2.75. The van der Waals surface area contributed by atoms with Crippen LogP contribution in [0, 0.1) is 0 Å². The highest BCUT2D eigenvalue weighted by molar-refractivity contribution is 8.13. The molecule has 2 rings (SSSR count). The molecule has 1 saturated heterocycles. The monoisotopic (exact) mass is 207 g/mol. The van der Waals surface area contributed by atoms with E-state index in [1.807, 2.05) is 18.2 Å². The first-order valence-electron chi connectivity index (χ1n) is 4.30. The van der Waals surface area contributed by atoms with Crippen molar-refractivity contribution in [3.63, 3.8) is 0 Å². The Morgan fingerprint density at radius 2 is 2.14 bits per heavy atom. The van der Waals surface area contributed by atoms with E-state index in [1.54, 1.807) is 12.1 Å². The van der Waals surface area contributed by atoms with Gasteiger partial charge in [-0.1, -0.05) is 30.0 Å². The SMILES string of the molecule is O=C(N=C1OCCS1)c1ccccc1. The van der Waals surface area contributed by atoms with Crippen LogP contribution in [0.3, 0.4) is 0 Å². The second-order valence-corrected chi connectivity index (χ2v) is 3.79. The van der Waals surface area contributed by atoms with Crippen LogP contribution in [-0.4, -0.2) is 23.5 Å². The summed E-state index contributed by atoms with van der Waals surface area (Å²) in [6, 6.07) is 8.98. The van der Waals surface area contributed by atoms with E-state index >= 15 is 0 Å². The lowest BCUT2D eigenvalue weighted by Gasteiger charge is -1.96. The lowest BCUT2D eigenvalue weighted by molar-refractivity contribution is 0.100. The molecule has 72 valence electrons. The van der Waals surface area contributed by atoms with Crippen molar-refractivity contribution in [2.45, 2.75) is 0 Å². The van der Waals surface area contributed by atoms with Gasteiger partial charge in [-0.15, -0.1) is 0 Å². The maximum Gasteiger partial charge on any atom is 0.280 e. The van der Waals surface area contributed by atoms with E-state index in [9.17, 15) is 4.79 Å². The molecule has 3 nitrogen and oxygen atoms in total. The fraction of sp³-hybridized carbons (Fsp3) is 0.200.